The van der Waals surface area contributed by atoms with E-state index in [1.165, 1.54) is 5.92 Å². The van der Waals surface area contributed by atoms with Gasteiger partial charge in [0.05, 0.1) is 0 Å². The van der Waals surface area contributed by atoms with Crippen molar-refractivity contribution in [2.45, 2.75) is 26.4 Å². The molecule has 1 aromatic heterocycles. The van der Waals surface area contributed by atoms with Crippen LogP contribution >= 0.6 is 0 Å². The molecule has 1 unspecified atom stereocenters. The Hall–Kier alpha value is -1.67. The molecule has 2 aromatic rings. The standard InChI is InChI=1S/C16H18NO/c1-12(2)10-14-11-17-9-8-15(14)16(18)13-6-4-3-5-7-13/h3-9,11,16,18H,10H2,1-2H3. The molecule has 0 aliphatic rings. The quantitative estimate of drug-likeness (QED) is 0.889. The maximum atomic E-state index is 10.4. The van der Waals surface area contributed by atoms with Gasteiger partial charge in [-0.3, -0.25) is 4.98 Å². The van der Waals surface area contributed by atoms with E-state index in [4.69, 9.17) is 0 Å². The average Bonchev–Trinajstić information content (AvgIpc) is 2.39. The van der Waals surface area contributed by atoms with Crippen molar-refractivity contribution in [1.29, 1.82) is 0 Å². The summed E-state index contributed by atoms with van der Waals surface area (Å²) in [4.78, 5) is 4.15. The molecule has 18 heavy (non-hydrogen) atoms. The summed E-state index contributed by atoms with van der Waals surface area (Å²) in [5.74, 6) is 1.31. The number of aliphatic hydroxyl groups is 1. The minimum absolute atomic E-state index is 0.580. The van der Waals surface area contributed by atoms with Crippen LogP contribution in [0.3, 0.4) is 0 Å². The van der Waals surface area contributed by atoms with Crippen LogP contribution in [0.5, 0.6) is 0 Å². The Morgan fingerprint density at radius 1 is 1.17 bits per heavy atom. The van der Waals surface area contributed by atoms with Gasteiger partial charge < -0.3 is 5.11 Å². The summed E-state index contributed by atoms with van der Waals surface area (Å²) in [6.07, 6.45) is 3.85. The van der Waals surface area contributed by atoms with E-state index < -0.39 is 6.10 Å². The van der Waals surface area contributed by atoms with E-state index in [-0.39, 0.29) is 0 Å². The highest BCUT2D eigenvalue weighted by Gasteiger charge is 2.14. The Balaban J connectivity index is 2.33. The normalized spacial score (nSPS) is 12.7. The Kier molecular flexibility index (Phi) is 4.11. The van der Waals surface area contributed by atoms with E-state index in [1.807, 2.05) is 42.6 Å². The topological polar surface area (TPSA) is 33.1 Å². The van der Waals surface area contributed by atoms with Crippen LogP contribution in [0.2, 0.25) is 0 Å². The number of hydrogen-bond donors (Lipinski definition) is 1. The van der Waals surface area contributed by atoms with Crippen LogP contribution in [0.4, 0.5) is 0 Å². The van der Waals surface area contributed by atoms with Crippen molar-refractivity contribution in [2.24, 2.45) is 0 Å². The van der Waals surface area contributed by atoms with Crippen LogP contribution in [0, 0.1) is 5.92 Å². The molecular formula is C16H18NO. The van der Waals surface area contributed by atoms with Crippen molar-refractivity contribution in [3.8, 4) is 0 Å². The SMILES string of the molecule is C[C](C)Cc1cnccc1C(O)c1ccccc1. The molecule has 0 spiro atoms. The Bertz CT molecular complexity index is 493. The first-order chi connectivity index (χ1) is 8.68. The molecule has 2 rings (SSSR count). The number of benzene rings is 1. The number of aromatic nitrogens is 1. The molecule has 2 heteroatoms. The van der Waals surface area contributed by atoms with Gasteiger partial charge in [-0.15, -0.1) is 0 Å². The van der Waals surface area contributed by atoms with Gasteiger partial charge in [-0.1, -0.05) is 44.2 Å². The van der Waals surface area contributed by atoms with Crippen molar-refractivity contribution in [3.63, 3.8) is 0 Å². The molecule has 93 valence electrons. The van der Waals surface area contributed by atoms with Gasteiger partial charge in [-0.25, -0.2) is 0 Å². The number of pyridine rings is 1. The summed E-state index contributed by atoms with van der Waals surface area (Å²) in [6.45, 7) is 4.18. The Morgan fingerprint density at radius 3 is 2.56 bits per heavy atom. The predicted molar refractivity (Wildman–Crippen MR) is 73.0 cm³/mol. The fourth-order valence-corrected chi connectivity index (χ4v) is 2.05. The third-order valence-corrected chi connectivity index (χ3v) is 2.90. The number of rotatable bonds is 4. The second-order valence-corrected chi connectivity index (χ2v) is 4.77. The highest BCUT2D eigenvalue weighted by atomic mass is 16.3. The molecule has 1 N–H and O–H groups in total. The van der Waals surface area contributed by atoms with Crippen LogP contribution in [0.25, 0.3) is 0 Å². The fourth-order valence-electron chi connectivity index (χ4n) is 2.05. The van der Waals surface area contributed by atoms with Crippen molar-refractivity contribution in [2.75, 3.05) is 0 Å². The van der Waals surface area contributed by atoms with Crippen LogP contribution in [-0.4, -0.2) is 10.1 Å². The molecule has 2 nitrogen and oxygen atoms in total. The molecule has 0 aliphatic heterocycles. The average molecular weight is 240 g/mol. The van der Waals surface area contributed by atoms with Gasteiger partial charge in [-0.05, 0) is 35.1 Å². The lowest BCUT2D eigenvalue weighted by Crippen LogP contribution is -2.06. The van der Waals surface area contributed by atoms with E-state index in [9.17, 15) is 5.11 Å². The summed E-state index contributed by atoms with van der Waals surface area (Å²) < 4.78 is 0. The van der Waals surface area contributed by atoms with E-state index in [2.05, 4.69) is 18.8 Å². The van der Waals surface area contributed by atoms with Crippen molar-refractivity contribution in [3.05, 3.63) is 71.4 Å². The maximum Gasteiger partial charge on any atom is 0.104 e. The summed E-state index contributed by atoms with van der Waals surface area (Å²) >= 11 is 0. The van der Waals surface area contributed by atoms with E-state index in [0.717, 1.165) is 23.1 Å². The minimum atomic E-state index is -0.580. The highest BCUT2D eigenvalue weighted by molar-refractivity contribution is 5.35. The first-order valence-electron chi connectivity index (χ1n) is 6.13. The smallest absolute Gasteiger partial charge is 0.104 e. The second kappa shape index (κ2) is 5.78. The van der Waals surface area contributed by atoms with Crippen molar-refractivity contribution < 1.29 is 5.11 Å². The van der Waals surface area contributed by atoms with Gasteiger partial charge in [0, 0.05) is 12.4 Å². The molecule has 0 bridgehead atoms. The largest absolute Gasteiger partial charge is 0.384 e. The molecule has 1 atom stereocenters. The molecule has 1 aromatic carbocycles. The van der Waals surface area contributed by atoms with Gasteiger partial charge in [0.2, 0.25) is 0 Å². The lowest BCUT2D eigenvalue weighted by molar-refractivity contribution is 0.219. The zero-order valence-electron chi connectivity index (χ0n) is 10.8. The lowest BCUT2D eigenvalue weighted by Gasteiger charge is -2.16. The third-order valence-electron chi connectivity index (χ3n) is 2.90. The summed E-state index contributed by atoms with van der Waals surface area (Å²) in [6, 6.07) is 11.6. The highest BCUT2D eigenvalue weighted by Crippen LogP contribution is 2.25. The van der Waals surface area contributed by atoms with Crippen molar-refractivity contribution >= 4 is 0 Å². The predicted octanol–water partition coefficient (Wildman–Crippen LogP) is 3.32. The summed E-state index contributed by atoms with van der Waals surface area (Å²) in [5.41, 5.74) is 2.95. The van der Waals surface area contributed by atoms with E-state index in [1.54, 1.807) is 6.20 Å². The lowest BCUT2D eigenvalue weighted by atomic mass is 9.94. The molecule has 0 saturated heterocycles. The van der Waals surface area contributed by atoms with Gasteiger partial charge in [0.15, 0.2) is 0 Å². The van der Waals surface area contributed by atoms with Crippen LogP contribution < -0.4 is 0 Å². The van der Waals surface area contributed by atoms with Gasteiger partial charge >= 0.3 is 0 Å². The van der Waals surface area contributed by atoms with Gasteiger partial charge in [-0.2, -0.15) is 0 Å². The fraction of sp³-hybridized carbons (Fsp3) is 0.250. The molecule has 0 fully saturated rings. The Labute approximate surface area is 108 Å². The summed E-state index contributed by atoms with van der Waals surface area (Å²) in [5, 5.41) is 10.4. The molecular weight excluding hydrogens is 222 g/mol. The molecule has 1 heterocycles. The third kappa shape index (κ3) is 2.96. The van der Waals surface area contributed by atoms with Crippen LogP contribution in [0.15, 0.2) is 48.8 Å². The number of hydrogen-bond acceptors (Lipinski definition) is 2. The Morgan fingerprint density at radius 2 is 1.89 bits per heavy atom. The van der Waals surface area contributed by atoms with E-state index >= 15 is 0 Å². The van der Waals surface area contributed by atoms with Crippen molar-refractivity contribution in [1.82, 2.24) is 4.98 Å². The minimum Gasteiger partial charge on any atom is -0.384 e. The maximum absolute atomic E-state index is 10.4. The zero-order chi connectivity index (χ0) is 13.0. The molecule has 0 aliphatic carbocycles. The zero-order valence-corrected chi connectivity index (χ0v) is 10.8. The number of nitrogens with zero attached hydrogens (tertiary/aromatic N) is 1. The monoisotopic (exact) mass is 240 g/mol. The summed E-state index contributed by atoms with van der Waals surface area (Å²) in [7, 11) is 0. The number of aliphatic hydroxyl groups excluding tert-OH is 1. The molecule has 0 saturated carbocycles. The first-order valence-corrected chi connectivity index (χ1v) is 6.13. The van der Waals surface area contributed by atoms with Gasteiger partial charge in [0.25, 0.3) is 0 Å². The first kappa shape index (κ1) is 12.8. The van der Waals surface area contributed by atoms with Gasteiger partial charge in [0.1, 0.15) is 6.10 Å². The van der Waals surface area contributed by atoms with Crippen LogP contribution in [-0.2, 0) is 6.42 Å². The molecule has 0 amide bonds. The van der Waals surface area contributed by atoms with Crippen LogP contribution in [0.1, 0.15) is 36.6 Å². The second-order valence-electron chi connectivity index (χ2n) is 4.77. The van der Waals surface area contributed by atoms with E-state index in [0.29, 0.717) is 0 Å². The molecule has 1 radical (unpaired) electrons.